The van der Waals surface area contributed by atoms with Gasteiger partial charge in [0.2, 0.25) is 11.4 Å². The van der Waals surface area contributed by atoms with Crippen molar-refractivity contribution in [1.29, 1.82) is 0 Å². The minimum atomic E-state index is -1.59. The summed E-state index contributed by atoms with van der Waals surface area (Å²) in [4.78, 5) is 42.1. The molecule has 0 amide bonds. The van der Waals surface area contributed by atoms with Crippen LogP contribution in [0.15, 0.2) is 42.5 Å². The molecule has 0 bridgehead atoms. The Hall–Kier alpha value is -3.39. The van der Waals surface area contributed by atoms with E-state index in [-0.39, 0.29) is 24.5 Å². The number of ether oxygens (including phenoxy) is 4. The molecule has 2 aliphatic heterocycles. The van der Waals surface area contributed by atoms with Crippen molar-refractivity contribution in [3.63, 3.8) is 0 Å². The van der Waals surface area contributed by atoms with Crippen LogP contribution >= 0.6 is 0 Å². The number of nitrogens with zero attached hydrogens (tertiary/aromatic N) is 1. The van der Waals surface area contributed by atoms with Crippen LogP contribution in [-0.4, -0.2) is 55.5 Å². The van der Waals surface area contributed by atoms with Crippen molar-refractivity contribution >= 4 is 17.7 Å². The van der Waals surface area contributed by atoms with E-state index in [4.69, 9.17) is 18.9 Å². The molecule has 0 saturated carbocycles. The summed E-state index contributed by atoms with van der Waals surface area (Å²) >= 11 is 0. The fraction of sp³-hybridized carbons (Fsp3) is 0.483. The number of carbonyl (C=O) groups excluding carboxylic acids is 3. The number of piperidine rings is 1. The zero-order valence-corrected chi connectivity index (χ0v) is 21.4. The first-order valence-corrected chi connectivity index (χ1v) is 12.9. The number of hydrogen-bond acceptors (Lipinski definition) is 8. The molecule has 0 spiro atoms. The molecule has 8 nitrogen and oxygen atoms in total. The minimum Gasteiger partial charge on any atom is -0.493 e. The van der Waals surface area contributed by atoms with Gasteiger partial charge in [0.25, 0.3) is 0 Å². The summed E-state index contributed by atoms with van der Waals surface area (Å²) in [6, 6.07) is 13.6. The minimum absolute atomic E-state index is 0.0648. The number of benzene rings is 2. The zero-order chi connectivity index (χ0) is 26.0. The number of fused-ring (bicyclic) bond motifs is 3. The van der Waals surface area contributed by atoms with Gasteiger partial charge in [-0.15, -0.1) is 0 Å². The smallest absolute Gasteiger partial charge is 0.306 e. The molecule has 0 aromatic heterocycles. The Morgan fingerprint density at radius 2 is 1.62 bits per heavy atom. The Balaban J connectivity index is 1.44. The first-order chi connectivity index (χ1) is 17.9. The van der Waals surface area contributed by atoms with Gasteiger partial charge >= 0.3 is 11.9 Å². The van der Waals surface area contributed by atoms with E-state index in [0.717, 1.165) is 32.5 Å². The van der Waals surface area contributed by atoms with Crippen LogP contribution in [0.3, 0.4) is 0 Å². The van der Waals surface area contributed by atoms with Crippen molar-refractivity contribution in [3.05, 3.63) is 59.2 Å². The van der Waals surface area contributed by atoms with Crippen molar-refractivity contribution in [2.45, 2.75) is 56.8 Å². The lowest BCUT2D eigenvalue weighted by Crippen LogP contribution is -2.48. The third kappa shape index (κ3) is 4.94. The van der Waals surface area contributed by atoms with E-state index in [1.807, 2.05) is 18.2 Å². The second-order valence-corrected chi connectivity index (χ2v) is 10.1. The van der Waals surface area contributed by atoms with E-state index in [1.165, 1.54) is 19.8 Å². The lowest BCUT2D eigenvalue weighted by molar-refractivity contribution is -0.178. The van der Waals surface area contributed by atoms with Gasteiger partial charge in [0.1, 0.15) is 0 Å². The number of Topliss-reactive ketones (excluding diaryl/α,β-unsaturated/α-hetero) is 1. The maximum atomic E-state index is 14.1. The molecule has 196 valence electrons. The molecule has 37 heavy (non-hydrogen) atoms. The van der Waals surface area contributed by atoms with Crippen LogP contribution in [0.1, 0.15) is 66.1 Å². The molecular formula is C29H33NO7. The van der Waals surface area contributed by atoms with Crippen LogP contribution in [0.2, 0.25) is 0 Å². The van der Waals surface area contributed by atoms with Crippen molar-refractivity contribution in [2.75, 3.05) is 27.3 Å². The first-order valence-electron chi connectivity index (χ1n) is 12.9. The molecule has 2 heterocycles. The highest BCUT2D eigenvalue weighted by atomic mass is 16.6. The third-order valence-electron chi connectivity index (χ3n) is 7.75. The number of hydrogen-bond donors (Lipinski definition) is 0. The summed E-state index contributed by atoms with van der Waals surface area (Å²) in [6.07, 6.45) is 1.46. The fourth-order valence-corrected chi connectivity index (χ4v) is 5.85. The largest absolute Gasteiger partial charge is 0.493 e. The van der Waals surface area contributed by atoms with Crippen LogP contribution in [0.5, 0.6) is 11.5 Å². The molecule has 2 atom stereocenters. The summed E-state index contributed by atoms with van der Waals surface area (Å²) in [5.41, 5.74) is 0.502. The number of ketones is 1. The van der Waals surface area contributed by atoms with Gasteiger partial charge in [-0.2, -0.15) is 0 Å². The highest BCUT2D eigenvalue weighted by Crippen LogP contribution is 2.52. The lowest BCUT2D eigenvalue weighted by Gasteiger charge is -2.38. The second kappa shape index (κ2) is 10.5. The third-order valence-corrected chi connectivity index (χ3v) is 7.75. The van der Waals surface area contributed by atoms with Crippen molar-refractivity contribution < 1.29 is 33.3 Å². The Morgan fingerprint density at radius 1 is 0.946 bits per heavy atom. The molecule has 3 aliphatic rings. The van der Waals surface area contributed by atoms with Gasteiger partial charge in [-0.3, -0.25) is 19.3 Å². The van der Waals surface area contributed by atoms with E-state index < -0.39 is 23.6 Å². The quantitative estimate of drug-likeness (QED) is 0.536. The molecule has 2 saturated heterocycles. The summed E-state index contributed by atoms with van der Waals surface area (Å²) in [6.45, 7) is 2.62. The van der Waals surface area contributed by atoms with E-state index in [0.29, 0.717) is 35.5 Å². The van der Waals surface area contributed by atoms with Crippen LogP contribution in [0.25, 0.3) is 0 Å². The average Bonchev–Trinajstić information content (AvgIpc) is 3.14. The standard InChI is InChI=1S/C29H33NO7/c1-34-23-15-21-22(16-24(23)35-2)28-29(27(21)33,37-26(32)10-6-9-25(31)36-28)17-19-11-13-30(14-12-19)18-20-7-4-3-5-8-20/h3-5,7-8,15-16,19,28H,6,9-14,17-18H2,1-2H3. The first kappa shape index (κ1) is 25.3. The Kier molecular flexibility index (Phi) is 7.20. The van der Waals surface area contributed by atoms with Gasteiger partial charge in [-0.05, 0) is 56.0 Å². The summed E-state index contributed by atoms with van der Waals surface area (Å²) in [7, 11) is 3.00. The molecule has 2 aromatic carbocycles. The fourth-order valence-electron chi connectivity index (χ4n) is 5.85. The molecule has 8 heteroatoms. The van der Waals surface area contributed by atoms with Crippen molar-refractivity contribution in [3.8, 4) is 11.5 Å². The Labute approximate surface area is 216 Å². The van der Waals surface area contributed by atoms with Crippen molar-refractivity contribution in [2.24, 2.45) is 5.92 Å². The van der Waals surface area contributed by atoms with Gasteiger partial charge in [0.15, 0.2) is 17.6 Å². The summed E-state index contributed by atoms with van der Waals surface area (Å²) in [5.74, 6) is -0.331. The summed E-state index contributed by atoms with van der Waals surface area (Å²) < 4.78 is 22.8. The van der Waals surface area contributed by atoms with Gasteiger partial charge in [0.05, 0.1) is 14.2 Å². The number of likely N-dealkylation sites (tertiary alicyclic amines) is 1. The van der Waals surface area contributed by atoms with Crippen LogP contribution in [-0.2, 0) is 25.6 Å². The normalized spacial score (nSPS) is 24.7. The topological polar surface area (TPSA) is 91.4 Å². The second-order valence-electron chi connectivity index (χ2n) is 10.1. The number of carbonyl (C=O) groups is 3. The average molecular weight is 508 g/mol. The molecule has 0 N–H and O–H groups in total. The SMILES string of the molecule is COc1cc2c(cc1OC)C1OC(=O)CCCC(=O)OC1(CC1CCN(Cc3ccccc3)CC1)C2=O. The van der Waals surface area contributed by atoms with E-state index in [1.54, 1.807) is 12.1 Å². The van der Waals surface area contributed by atoms with Gasteiger partial charge < -0.3 is 18.9 Å². The maximum absolute atomic E-state index is 14.1. The highest BCUT2D eigenvalue weighted by Gasteiger charge is 2.60. The zero-order valence-electron chi connectivity index (χ0n) is 21.4. The Bertz CT molecular complexity index is 1170. The molecule has 5 rings (SSSR count). The van der Waals surface area contributed by atoms with E-state index in [9.17, 15) is 14.4 Å². The number of esters is 2. The maximum Gasteiger partial charge on any atom is 0.306 e. The monoisotopic (exact) mass is 507 g/mol. The molecule has 2 fully saturated rings. The van der Waals surface area contributed by atoms with Crippen LogP contribution in [0, 0.1) is 5.92 Å². The van der Waals surface area contributed by atoms with Gasteiger partial charge in [0, 0.05) is 36.9 Å². The Morgan fingerprint density at radius 3 is 2.32 bits per heavy atom. The van der Waals surface area contributed by atoms with Crippen LogP contribution in [0.4, 0.5) is 0 Å². The van der Waals surface area contributed by atoms with Crippen molar-refractivity contribution in [1.82, 2.24) is 4.90 Å². The lowest BCUT2D eigenvalue weighted by atomic mass is 9.80. The number of methoxy groups -OCH3 is 2. The molecule has 0 radical (unpaired) electrons. The predicted molar refractivity (Wildman–Crippen MR) is 134 cm³/mol. The predicted octanol–water partition coefficient (Wildman–Crippen LogP) is 4.25. The molecule has 2 aromatic rings. The highest BCUT2D eigenvalue weighted by molar-refractivity contribution is 6.09. The number of rotatable bonds is 6. The summed E-state index contributed by atoms with van der Waals surface area (Å²) in [5, 5.41) is 0. The van der Waals surface area contributed by atoms with Crippen LogP contribution < -0.4 is 9.47 Å². The van der Waals surface area contributed by atoms with E-state index in [2.05, 4.69) is 17.0 Å². The molecule has 1 aliphatic carbocycles. The van der Waals surface area contributed by atoms with E-state index >= 15 is 0 Å². The van der Waals surface area contributed by atoms with Gasteiger partial charge in [-0.25, -0.2) is 0 Å². The molecular weight excluding hydrogens is 474 g/mol. The van der Waals surface area contributed by atoms with Gasteiger partial charge in [-0.1, -0.05) is 30.3 Å². The molecule has 2 unspecified atom stereocenters.